The minimum absolute atomic E-state index is 0.0569. The number of nitrogens with one attached hydrogen (secondary N) is 2. The number of nitrogens with zero attached hydrogens (tertiary/aromatic N) is 2. The molecule has 1 aromatic heterocycles. The Morgan fingerprint density at radius 2 is 2.14 bits per heavy atom. The number of anilines is 1. The molecule has 2 amide bonds. The van der Waals surface area contributed by atoms with Crippen molar-refractivity contribution in [3.8, 4) is 5.75 Å². The lowest BCUT2D eigenvalue weighted by Gasteiger charge is -2.09. The number of urea groups is 1. The number of aromatic hydroxyl groups is 1. The SMILES string of the molecule is O=C(NCCn1ccnc1)Nc1ccc(C(=O)O)cc1O. The number of hydrogen-bond acceptors (Lipinski definition) is 4. The Balaban J connectivity index is 1.86. The first kappa shape index (κ1) is 14.4. The fraction of sp³-hybridized carbons (Fsp3) is 0.154. The van der Waals surface area contributed by atoms with Gasteiger partial charge in [-0.3, -0.25) is 0 Å². The van der Waals surface area contributed by atoms with E-state index in [1.807, 2.05) is 0 Å². The Hall–Kier alpha value is -3.03. The van der Waals surface area contributed by atoms with Crippen LogP contribution in [0.1, 0.15) is 10.4 Å². The lowest BCUT2D eigenvalue weighted by molar-refractivity contribution is 0.0696. The number of imidazole rings is 1. The zero-order chi connectivity index (χ0) is 15.2. The first-order valence-corrected chi connectivity index (χ1v) is 6.13. The summed E-state index contributed by atoms with van der Waals surface area (Å²) in [5, 5.41) is 23.5. The van der Waals surface area contributed by atoms with E-state index in [9.17, 15) is 14.7 Å². The number of hydrogen-bond donors (Lipinski definition) is 4. The summed E-state index contributed by atoms with van der Waals surface area (Å²) in [6.07, 6.45) is 5.05. The molecule has 0 fully saturated rings. The Kier molecular flexibility index (Phi) is 4.39. The van der Waals surface area contributed by atoms with Crippen LogP contribution in [0.5, 0.6) is 5.75 Å². The van der Waals surface area contributed by atoms with Gasteiger partial charge in [-0.1, -0.05) is 0 Å². The number of benzene rings is 1. The van der Waals surface area contributed by atoms with Crippen molar-refractivity contribution in [2.24, 2.45) is 0 Å². The lowest BCUT2D eigenvalue weighted by Crippen LogP contribution is -2.31. The summed E-state index contributed by atoms with van der Waals surface area (Å²) in [7, 11) is 0. The molecular weight excluding hydrogens is 276 g/mol. The summed E-state index contributed by atoms with van der Waals surface area (Å²) >= 11 is 0. The molecule has 110 valence electrons. The molecule has 0 bridgehead atoms. The highest BCUT2D eigenvalue weighted by molar-refractivity contribution is 5.93. The average molecular weight is 290 g/mol. The second-order valence-corrected chi connectivity index (χ2v) is 4.22. The molecular formula is C13H14N4O4. The van der Waals surface area contributed by atoms with Gasteiger partial charge in [0.05, 0.1) is 17.6 Å². The van der Waals surface area contributed by atoms with Gasteiger partial charge in [-0.05, 0) is 18.2 Å². The molecule has 1 heterocycles. The van der Waals surface area contributed by atoms with Crippen LogP contribution in [0.3, 0.4) is 0 Å². The molecule has 0 atom stereocenters. The molecule has 8 heteroatoms. The predicted octanol–water partition coefficient (Wildman–Crippen LogP) is 1.11. The van der Waals surface area contributed by atoms with Gasteiger partial charge >= 0.3 is 12.0 Å². The van der Waals surface area contributed by atoms with Crippen molar-refractivity contribution in [1.82, 2.24) is 14.9 Å². The third-order valence-corrected chi connectivity index (χ3v) is 2.71. The van der Waals surface area contributed by atoms with Gasteiger partial charge in [0, 0.05) is 25.5 Å². The van der Waals surface area contributed by atoms with E-state index in [2.05, 4.69) is 15.6 Å². The van der Waals surface area contributed by atoms with E-state index in [4.69, 9.17) is 5.11 Å². The molecule has 0 unspecified atom stereocenters. The summed E-state index contributed by atoms with van der Waals surface area (Å²) in [6, 6.07) is 3.20. The maximum atomic E-state index is 11.6. The van der Waals surface area contributed by atoms with Crippen molar-refractivity contribution in [3.05, 3.63) is 42.5 Å². The third-order valence-electron chi connectivity index (χ3n) is 2.71. The molecule has 21 heavy (non-hydrogen) atoms. The first-order chi connectivity index (χ1) is 10.1. The molecule has 2 aromatic rings. The van der Waals surface area contributed by atoms with Crippen LogP contribution in [-0.2, 0) is 6.54 Å². The number of rotatable bonds is 5. The fourth-order valence-electron chi connectivity index (χ4n) is 1.65. The van der Waals surface area contributed by atoms with Gasteiger partial charge in [-0.15, -0.1) is 0 Å². The zero-order valence-corrected chi connectivity index (χ0v) is 11.0. The molecule has 4 N–H and O–H groups in total. The van der Waals surface area contributed by atoms with Gasteiger partial charge in [-0.25, -0.2) is 14.6 Å². The van der Waals surface area contributed by atoms with Gasteiger partial charge in [-0.2, -0.15) is 0 Å². The second-order valence-electron chi connectivity index (χ2n) is 4.22. The van der Waals surface area contributed by atoms with Crippen LogP contribution in [0.25, 0.3) is 0 Å². The van der Waals surface area contributed by atoms with Crippen molar-refractivity contribution in [2.75, 3.05) is 11.9 Å². The van der Waals surface area contributed by atoms with Crippen LogP contribution in [-0.4, -0.2) is 38.3 Å². The molecule has 8 nitrogen and oxygen atoms in total. The Morgan fingerprint density at radius 1 is 1.33 bits per heavy atom. The molecule has 2 rings (SSSR count). The number of carboxylic acid groups (broad SMARTS) is 1. The highest BCUT2D eigenvalue weighted by Crippen LogP contribution is 2.24. The minimum Gasteiger partial charge on any atom is -0.506 e. The normalized spacial score (nSPS) is 10.1. The van der Waals surface area contributed by atoms with Gasteiger partial charge < -0.3 is 25.4 Å². The van der Waals surface area contributed by atoms with E-state index < -0.39 is 12.0 Å². The van der Waals surface area contributed by atoms with Gasteiger partial charge in [0.25, 0.3) is 0 Å². The third kappa shape index (κ3) is 3.96. The second kappa shape index (κ2) is 6.42. The monoisotopic (exact) mass is 290 g/mol. The number of carbonyl (C=O) groups excluding carboxylic acids is 1. The number of aromatic carboxylic acids is 1. The summed E-state index contributed by atoms with van der Waals surface area (Å²) < 4.78 is 1.80. The van der Waals surface area contributed by atoms with E-state index >= 15 is 0 Å². The van der Waals surface area contributed by atoms with Crippen LogP contribution in [0.4, 0.5) is 10.5 Å². The highest BCUT2D eigenvalue weighted by atomic mass is 16.4. The molecule has 0 radical (unpaired) electrons. The fourth-order valence-corrected chi connectivity index (χ4v) is 1.65. The van der Waals surface area contributed by atoms with Crippen LogP contribution >= 0.6 is 0 Å². The molecule has 1 aromatic carbocycles. The molecule has 0 saturated heterocycles. The summed E-state index contributed by atoms with van der Waals surface area (Å²) in [4.78, 5) is 26.2. The van der Waals surface area contributed by atoms with Gasteiger partial charge in [0.15, 0.2) is 0 Å². The maximum absolute atomic E-state index is 11.6. The summed E-state index contributed by atoms with van der Waals surface area (Å²) in [6.45, 7) is 0.952. The van der Waals surface area contributed by atoms with Crippen molar-refractivity contribution in [3.63, 3.8) is 0 Å². The van der Waals surface area contributed by atoms with E-state index in [1.54, 1.807) is 23.3 Å². The average Bonchev–Trinajstić information content (AvgIpc) is 2.94. The Bertz CT molecular complexity index is 640. The quantitative estimate of drug-likeness (QED) is 0.615. The van der Waals surface area contributed by atoms with Crippen LogP contribution in [0.2, 0.25) is 0 Å². The van der Waals surface area contributed by atoms with Crippen LogP contribution < -0.4 is 10.6 Å². The maximum Gasteiger partial charge on any atom is 0.335 e. The first-order valence-electron chi connectivity index (χ1n) is 6.13. The number of phenols is 1. The zero-order valence-electron chi connectivity index (χ0n) is 11.0. The van der Waals surface area contributed by atoms with E-state index in [0.717, 1.165) is 6.07 Å². The lowest BCUT2D eigenvalue weighted by atomic mass is 10.2. The molecule has 0 aliphatic carbocycles. The topological polar surface area (TPSA) is 116 Å². The highest BCUT2D eigenvalue weighted by Gasteiger charge is 2.09. The molecule has 0 aliphatic heterocycles. The van der Waals surface area contributed by atoms with E-state index in [0.29, 0.717) is 13.1 Å². The summed E-state index contributed by atoms with van der Waals surface area (Å²) in [5.74, 6) is -1.46. The van der Waals surface area contributed by atoms with Crippen molar-refractivity contribution in [2.45, 2.75) is 6.54 Å². The Morgan fingerprint density at radius 3 is 2.76 bits per heavy atom. The molecule has 0 saturated carbocycles. The number of aromatic nitrogens is 2. The van der Waals surface area contributed by atoms with Crippen molar-refractivity contribution >= 4 is 17.7 Å². The van der Waals surface area contributed by atoms with Gasteiger partial charge in [0.1, 0.15) is 5.75 Å². The van der Waals surface area contributed by atoms with Crippen LogP contribution in [0.15, 0.2) is 36.9 Å². The largest absolute Gasteiger partial charge is 0.506 e. The van der Waals surface area contributed by atoms with E-state index in [1.165, 1.54) is 12.1 Å². The molecule has 0 spiro atoms. The molecule has 0 aliphatic rings. The number of carboxylic acids is 1. The number of phenolic OH excluding ortho intramolecular Hbond substituents is 1. The number of amides is 2. The standard InChI is InChI=1S/C13H14N4O4/c18-11-7-9(12(19)20)1-2-10(11)16-13(21)15-4-6-17-5-3-14-8-17/h1-3,5,7-8,18H,4,6H2,(H,19,20)(H2,15,16,21). The smallest absolute Gasteiger partial charge is 0.335 e. The Labute approximate surface area is 120 Å². The summed E-state index contributed by atoms with van der Waals surface area (Å²) in [5.41, 5.74) is 0.0821. The van der Waals surface area contributed by atoms with Crippen molar-refractivity contribution < 1.29 is 19.8 Å². The minimum atomic E-state index is -1.15. The van der Waals surface area contributed by atoms with E-state index in [-0.39, 0.29) is 17.0 Å². The predicted molar refractivity (Wildman–Crippen MR) is 74.3 cm³/mol. The van der Waals surface area contributed by atoms with Crippen LogP contribution in [0, 0.1) is 0 Å². The van der Waals surface area contributed by atoms with Crippen molar-refractivity contribution in [1.29, 1.82) is 0 Å². The number of carbonyl (C=O) groups is 2. The van der Waals surface area contributed by atoms with Gasteiger partial charge in [0.2, 0.25) is 0 Å².